The maximum Gasteiger partial charge on any atom is 0.303 e. The molecule has 4 rings (SSSR count). The largest absolute Gasteiger partial charge is 0.463 e. The number of ether oxygens (including phenoxy) is 21. The van der Waals surface area contributed by atoms with E-state index in [1.165, 1.54) is 0 Å². The highest BCUT2D eigenvalue weighted by atomic mass is 16.8. The van der Waals surface area contributed by atoms with Crippen molar-refractivity contribution in [2.75, 3.05) is 52.9 Å². The third-order valence-corrected chi connectivity index (χ3v) is 13.0. The van der Waals surface area contributed by atoms with E-state index in [1.54, 1.807) is 0 Å². The van der Waals surface area contributed by atoms with Crippen molar-refractivity contribution in [3.63, 3.8) is 0 Å². The van der Waals surface area contributed by atoms with Crippen molar-refractivity contribution in [3.8, 4) is 0 Å². The summed E-state index contributed by atoms with van der Waals surface area (Å²) in [5.74, 6) is -12.5. The van der Waals surface area contributed by atoms with E-state index in [0.29, 0.717) is 0 Å². The predicted molar refractivity (Wildman–Crippen MR) is 293 cm³/mol. The summed E-state index contributed by atoms with van der Waals surface area (Å²) in [6.07, 6.45) is -30.3. The van der Waals surface area contributed by atoms with E-state index in [1.807, 2.05) is 0 Å². The fourth-order valence-corrected chi connectivity index (χ4v) is 9.98. The van der Waals surface area contributed by atoms with E-state index in [0.717, 1.165) is 96.9 Å². The lowest BCUT2D eigenvalue weighted by Gasteiger charge is -2.49. The number of hydrogen-bond donors (Lipinski definition) is 2. The van der Waals surface area contributed by atoms with Gasteiger partial charge in [-0.2, -0.15) is 0 Å². The van der Waals surface area contributed by atoms with Crippen molar-refractivity contribution in [2.45, 2.75) is 220 Å². The standard InChI is InChI=1S/C56H80N2O35/c1-23(59)57-41-47(82-31(9)67)43(92-55-51(86-35(13)71)49(84-33(11)69)45(80-29(7)65)39(90-55)21-78-27(5)63)37(19-76-25(3)61)88-53(41)74-17-15-73-16-18-75-54-42(58-24(2)60)48(83-32(10)68)44(38(89-54)20-77-26(4)62)93-56-52(87-36(14)72)50(85-34(12)70)46(81-30(8)66)40(91-56)22-79-28(6)64/h37-56H,15-22H2,1-14H3,(H,57,59)(H,58,60)/t37-,38-,39-,40-,41-,42-,43-,44-,45+,46+,47-,48-,49+,50+,51-,52-,53-,54+,55+,56+/m1/s1. The Kier molecular flexibility index (Phi) is 31.1. The highest BCUT2D eigenvalue weighted by Crippen LogP contribution is 2.37. The Bertz CT molecular complexity index is 2480. The second kappa shape index (κ2) is 37.2. The van der Waals surface area contributed by atoms with E-state index >= 15 is 0 Å². The van der Waals surface area contributed by atoms with Crippen molar-refractivity contribution in [2.24, 2.45) is 0 Å². The summed E-state index contributed by atoms with van der Waals surface area (Å²) in [5.41, 5.74) is 0. The summed E-state index contributed by atoms with van der Waals surface area (Å²) in [6.45, 7) is 10.3. The van der Waals surface area contributed by atoms with Crippen molar-refractivity contribution >= 4 is 83.4 Å². The highest BCUT2D eigenvalue weighted by molar-refractivity contribution is 5.75. The minimum atomic E-state index is -1.92. The molecule has 0 unspecified atom stereocenters. The van der Waals surface area contributed by atoms with Gasteiger partial charge in [0.25, 0.3) is 0 Å². The lowest BCUT2D eigenvalue weighted by molar-refractivity contribution is -0.351. The molecule has 37 nitrogen and oxygen atoms in total. The predicted octanol–water partition coefficient (Wildman–Crippen LogP) is -2.58. The molecule has 524 valence electrons. The summed E-state index contributed by atoms with van der Waals surface area (Å²) >= 11 is 0. The van der Waals surface area contributed by atoms with Gasteiger partial charge < -0.3 is 110 Å². The Morgan fingerprint density at radius 3 is 0.763 bits per heavy atom. The molecule has 37 heteroatoms. The molecule has 0 bridgehead atoms. The average molecular weight is 1340 g/mol. The summed E-state index contributed by atoms with van der Waals surface area (Å²) in [5, 5.41) is 5.17. The molecule has 20 atom stereocenters. The van der Waals surface area contributed by atoms with Crippen LogP contribution in [0.15, 0.2) is 0 Å². The van der Waals surface area contributed by atoms with Gasteiger partial charge >= 0.3 is 71.6 Å². The van der Waals surface area contributed by atoms with E-state index in [4.69, 9.17) is 99.5 Å². The molecule has 0 aromatic rings. The molecule has 0 spiro atoms. The smallest absolute Gasteiger partial charge is 0.303 e. The van der Waals surface area contributed by atoms with Gasteiger partial charge in [-0.3, -0.25) is 67.1 Å². The third kappa shape index (κ3) is 25.2. The normalized spacial score (nSPS) is 30.6. The Labute approximate surface area is 532 Å². The minimum Gasteiger partial charge on any atom is -0.463 e. The van der Waals surface area contributed by atoms with Crippen molar-refractivity contribution in [1.29, 1.82) is 0 Å². The van der Waals surface area contributed by atoms with Gasteiger partial charge in [-0.05, 0) is 0 Å². The van der Waals surface area contributed by atoms with E-state index in [2.05, 4.69) is 10.6 Å². The number of hydrogen-bond acceptors (Lipinski definition) is 35. The molecule has 2 amide bonds. The van der Waals surface area contributed by atoms with Crippen LogP contribution in [0.1, 0.15) is 96.9 Å². The molecule has 93 heavy (non-hydrogen) atoms. The number of amides is 2. The molecule has 4 aliphatic heterocycles. The van der Waals surface area contributed by atoms with Gasteiger partial charge in [0.15, 0.2) is 74.0 Å². The topological polar surface area (TPSA) is 457 Å². The summed E-state index contributed by atoms with van der Waals surface area (Å²) in [4.78, 5) is 176. The van der Waals surface area contributed by atoms with Gasteiger partial charge in [0, 0.05) is 96.9 Å². The number of carbonyl (C=O) groups is 14. The maximum absolute atomic E-state index is 13.0. The van der Waals surface area contributed by atoms with Crippen LogP contribution < -0.4 is 10.6 Å². The maximum atomic E-state index is 13.0. The second-order valence-corrected chi connectivity index (χ2v) is 21.0. The van der Waals surface area contributed by atoms with Crippen LogP contribution in [0, 0.1) is 0 Å². The fourth-order valence-electron chi connectivity index (χ4n) is 9.98. The van der Waals surface area contributed by atoms with E-state index < -0.39 is 246 Å². The van der Waals surface area contributed by atoms with Crippen LogP contribution >= 0.6 is 0 Å². The van der Waals surface area contributed by atoms with Gasteiger partial charge in [-0.25, -0.2) is 0 Å². The lowest BCUT2D eigenvalue weighted by atomic mass is 9.94. The molecule has 0 saturated carbocycles. The molecule has 4 fully saturated rings. The number of carbonyl (C=O) groups excluding carboxylic acids is 14. The van der Waals surface area contributed by atoms with Gasteiger partial charge in [-0.1, -0.05) is 0 Å². The van der Waals surface area contributed by atoms with Crippen LogP contribution in [0.5, 0.6) is 0 Å². The molecule has 0 aromatic heterocycles. The number of rotatable bonds is 30. The molecule has 2 N–H and O–H groups in total. The van der Waals surface area contributed by atoms with Crippen molar-refractivity contribution in [3.05, 3.63) is 0 Å². The Hall–Kier alpha value is -7.78. The number of nitrogens with one attached hydrogen (secondary N) is 2. The zero-order chi connectivity index (χ0) is 69.6. The van der Waals surface area contributed by atoms with Crippen molar-refractivity contribution in [1.82, 2.24) is 10.6 Å². The third-order valence-electron chi connectivity index (χ3n) is 13.0. The lowest BCUT2D eigenvalue weighted by Crippen LogP contribution is -2.69. The molecular weight excluding hydrogens is 1260 g/mol. The van der Waals surface area contributed by atoms with Crippen molar-refractivity contribution < 1.29 is 167 Å². The van der Waals surface area contributed by atoms with Gasteiger partial charge in [0.1, 0.15) is 75.1 Å². The molecular formula is C56H80N2O35. The monoisotopic (exact) mass is 1340 g/mol. The Morgan fingerprint density at radius 1 is 0.269 bits per heavy atom. The molecule has 4 heterocycles. The van der Waals surface area contributed by atoms with Crippen LogP contribution in [0.4, 0.5) is 0 Å². The molecule has 0 aliphatic carbocycles. The Morgan fingerprint density at radius 2 is 0.505 bits per heavy atom. The first kappa shape index (κ1) is 77.7. The highest BCUT2D eigenvalue weighted by Gasteiger charge is 2.59. The van der Waals surface area contributed by atoms with Crippen LogP contribution in [-0.4, -0.2) is 259 Å². The molecule has 0 aromatic carbocycles. The first-order chi connectivity index (χ1) is 43.6. The van der Waals surface area contributed by atoms with Crippen LogP contribution in [0.3, 0.4) is 0 Å². The quantitative estimate of drug-likeness (QED) is 0.0424. The van der Waals surface area contributed by atoms with Crippen LogP contribution in [-0.2, 0) is 167 Å². The zero-order valence-electron chi connectivity index (χ0n) is 53.5. The van der Waals surface area contributed by atoms with Gasteiger partial charge in [0.2, 0.25) is 11.8 Å². The molecule has 0 radical (unpaired) electrons. The van der Waals surface area contributed by atoms with E-state index in [-0.39, 0.29) is 13.2 Å². The average Bonchev–Trinajstić information content (AvgIpc) is 0.793. The molecule has 4 saturated heterocycles. The second-order valence-electron chi connectivity index (χ2n) is 21.0. The first-order valence-electron chi connectivity index (χ1n) is 28.8. The fraction of sp³-hybridized carbons (Fsp3) is 0.750. The van der Waals surface area contributed by atoms with Crippen LogP contribution in [0.2, 0.25) is 0 Å². The van der Waals surface area contributed by atoms with E-state index in [9.17, 15) is 67.1 Å². The Balaban J connectivity index is 1.64. The van der Waals surface area contributed by atoms with Gasteiger partial charge in [-0.15, -0.1) is 0 Å². The zero-order valence-corrected chi connectivity index (χ0v) is 53.5. The van der Waals surface area contributed by atoms with Crippen LogP contribution in [0.25, 0.3) is 0 Å². The first-order valence-corrected chi connectivity index (χ1v) is 28.8. The van der Waals surface area contributed by atoms with Gasteiger partial charge in [0.05, 0.1) is 26.4 Å². The molecule has 4 aliphatic rings. The number of esters is 12. The minimum absolute atomic E-state index is 0.314. The SMILES string of the molecule is CC(=O)N[C@H]1[C@H](OCCOCCO[C@H]2O[C@H](COC(C)=O)[C@@H](O[C@@H]3O[C@H](COC(C)=O)[C@H](OC(C)=O)[C@H](OC(C)=O)[C@H]3OC(C)=O)[C@H](OC(C)=O)[C@H]2NC(C)=O)O[C@H](COC(C)=O)[C@@H](O[C@@H]2O[C@H](COC(C)=O)[C@H](OC(C)=O)[C@H](OC(C)=O)[C@H]2OC(C)=O)[C@@H]1OC(C)=O. The summed E-state index contributed by atoms with van der Waals surface area (Å²) in [6, 6.07) is -3.03. The summed E-state index contributed by atoms with van der Waals surface area (Å²) < 4.78 is 121. The summed E-state index contributed by atoms with van der Waals surface area (Å²) in [7, 11) is 0.